The van der Waals surface area contributed by atoms with Crippen LogP contribution in [0, 0.1) is 11.3 Å². The lowest BCUT2D eigenvalue weighted by molar-refractivity contribution is -0.117. The van der Waals surface area contributed by atoms with Crippen LogP contribution in [0.5, 0.6) is 0 Å². The average Bonchev–Trinajstić information content (AvgIpc) is 3.35. The number of aliphatic hydroxyl groups excluding tert-OH is 1. The van der Waals surface area contributed by atoms with Crippen LogP contribution in [0.25, 0.3) is 27.7 Å². The lowest BCUT2D eigenvalue weighted by Crippen LogP contribution is -2.36. The summed E-state index contributed by atoms with van der Waals surface area (Å²) in [5.74, 6) is 0.672. The van der Waals surface area contributed by atoms with Gasteiger partial charge >= 0.3 is 0 Å². The molecule has 1 amide bonds. The molecule has 1 fully saturated rings. The van der Waals surface area contributed by atoms with Gasteiger partial charge in [-0.3, -0.25) is 4.79 Å². The van der Waals surface area contributed by atoms with Gasteiger partial charge in [-0.25, -0.2) is 0 Å². The molecule has 7 heteroatoms. The number of benzene rings is 2. The van der Waals surface area contributed by atoms with Gasteiger partial charge in [-0.2, -0.15) is 5.26 Å². The molecule has 3 aromatic rings. The monoisotopic (exact) mass is 445 g/mol. The van der Waals surface area contributed by atoms with Crippen LogP contribution in [0.3, 0.4) is 0 Å². The van der Waals surface area contributed by atoms with Gasteiger partial charge in [0.2, 0.25) is 0 Å². The summed E-state index contributed by atoms with van der Waals surface area (Å²) in [6.45, 7) is 5.28. The zero-order valence-electron chi connectivity index (χ0n) is 18.6. The Hall–Kier alpha value is -3.60. The molecule has 1 saturated heterocycles. The van der Waals surface area contributed by atoms with E-state index in [-0.39, 0.29) is 12.2 Å². The Morgan fingerprint density at radius 3 is 2.64 bits per heavy atom. The number of hydrogen-bond donors (Lipinski definition) is 2. The van der Waals surface area contributed by atoms with E-state index in [2.05, 4.69) is 40.5 Å². The Morgan fingerprint density at radius 2 is 1.88 bits per heavy atom. The number of nitrogens with one attached hydrogen (secondary N) is 1. The molecule has 1 aliphatic rings. The second-order valence-electron chi connectivity index (χ2n) is 7.95. The minimum absolute atomic E-state index is 0.00277. The van der Waals surface area contributed by atoms with Crippen molar-refractivity contribution in [3.05, 3.63) is 59.9 Å². The Labute approximate surface area is 192 Å². The van der Waals surface area contributed by atoms with Gasteiger partial charge in [-0.15, -0.1) is 0 Å². The molecule has 0 radical (unpaired) electrons. The second kappa shape index (κ2) is 10.3. The third kappa shape index (κ3) is 5.08. The quantitative estimate of drug-likeness (QED) is 0.327. The van der Waals surface area contributed by atoms with E-state index >= 15 is 0 Å². The molecule has 0 aliphatic carbocycles. The van der Waals surface area contributed by atoms with E-state index in [0.717, 1.165) is 42.6 Å². The molecule has 0 bridgehead atoms. The Balaban J connectivity index is 1.56. The Bertz CT molecular complexity index is 1220. The first-order chi connectivity index (χ1) is 16.1. The van der Waals surface area contributed by atoms with Crippen molar-refractivity contribution in [2.45, 2.75) is 13.3 Å². The standard InChI is InChI=1S/C26H27N3O4/c1-18(23(17-27)26(31)28-9-2-12-30)24-7-8-25(33-24)21-4-3-20-16-22(6-5-19(20)15-21)29-10-13-32-14-11-29/h3-8,15-16,30H,2,9-14H2,1H3,(H,28,31)/b23-18+. The maximum absolute atomic E-state index is 12.3. The predicted molar refractivity (Wildman–Crippen MR) is 128 cm³/mol. The van der Waals surface area contributed by atoms with Crippen molar-refractivity contribution in [1.29, 1.82) is 5.26 Å². The summed E-state index contributed by atoms with van der Waals surface area (Å²) in [5, 5.41) is 23.2. The van der Waals surface area contributed by atoms with E-state index in [1.807, 2.05) is 18.2 Å². The van der Waals surface area contributed by atoms with Crippen LogP contribution in [-0.4, -0.2) is 50.5 Å². The van der Waals surface area contributed by atoms with Crippen LogP contribution in [-0.2, 0) is 9.53 Å². The number of aliphatic hydroxyl groups is 1. The maximum atomic E-state index is 12.3. The zero-order valence-corrected chi connectivity index (χ0v) is 18.6. The minimum atomic E-state index is -0.469. The second-order valence-corrected chi connectivity index (χ2v) is 7.95. The van der Waals surface area contributed by atoms with Crippen molar-refractivity contribution < 1.29 is 19.1 Å². The smallest absolute Gasteiger partial charge is 0.262 e. The SMILES string of the molecule is C/C(=C(/C#N)C(=O)NCCCO)c1ccc(-c2ccc3cc(N4CCOCC4)ccc3c2)o1. The molecule has 0 spiro atoms. The van der Waals surface area contributed by atoms with Gasteiger partial charge in [0.05, 0.1) is 13.2 Å². The van der Waals surface area contributed by atoms with Crippen molar-refractivity contribution in [3.63, 3.8) is 0 Å². The number of rotatable bonds is 7. The number of fused-ring (bicyclic) bond motifs is 1. The number of ether oxygens (including phenoxy) is 1. The zero-order chi connectivity index (χ0) is 23.2. The number of hydrogen-bond acceptors (Lipinski definition) is 6. The van der Waals surface area contributed by atoms with Crippen molar-refractivity contribution in [3.8, 4) is 17.4 Å². The highest BCUT2D eigenvalue weighted by atomic mass is 16.5. The third-order valence-electron chi connectivity index (χ3n) is 5.79. The van der Waals surface area contributed by atoms with Crippen molar-refractivity contribution in [2.24, 2.45) is 0 Å². The lowest BCUT2D eigenvalue weighted by Gasteiger charge is -2.29. The van der Waals surface area contributed by atoms with Gasteiger partial charge in [0, 0.05) is 43.1 Å². The van der Waals surface area contributed by atoms with Crippen LogP contribution in [0.15, 0.2) is 58.5 Å². The number of nitrogens with zero attached hydrogens (tertiary/aromatic N) is 2. The first-order valence-electron chi connectivity index (χ1n) is 11.1. The minimum Gasteiger partial charge on any atom is -0.456 e. The molecule has 1 aromatic heterocycles. The van der Waals surface area contributed by atoms with Crippen molar-refractivity contribution >= 4 is 27.9 Å². The normalized spacial score (nSPS) is 14.6. The summed E-state index contributed by atoms with van der Waals surface area (Å²) < 4.78 is 11.5. The third-order valence-corrected chi connectivity index (χ3v) is 5.79. The van der Waals surface area contributed by atoms with E-state index in [0.29, 0.717) is 30.1 Å². The summed E-state index contributed by atoms with van der Waals surface area (Å²) in [6.07, 6.45) is 0.435. The highest BCUT2D eigenvalue weighted by molar-refractivity contribution is 6.04. The molecule has 0 unspecified atom stereocenters. The molecule has 2 aromatic carbocycles. The highest BCUT2D eigenvalue weighted by Gasteiger charge is 2.17. The summed E-state index contributed by atoms with van der Waals surface area (Å²) in [6, 6.07) is 18.2. The number of carbonyl (C=O) groups excluding carboxylic acids is 1. The fraction of sp³-hybridized carbons (Fsp3) is 0.308. The topological polar surface area (TPSA) is 98.7 Å². The average molecular weight is 446 g/mol. The molecule has 170 valence electrons. The highest BCUT2D eigenvalue weighted by Crippen LogP contribution is 2.31. The van der Waals surface area contributed by atoms with Crippen molar-refractivity contribution in [1.82, 2.24) is 5.32 Å². The largest absolute Gasteiger partial charge is 0.456 e. The van der Waals surface area contributed by atoms with Crippen molar-refractivity contribution in [2.75, 3.05) is 44.4 Å². The molecule has 7 nitrogen and oxygen atoms in total. The van der Waals surface area contributed by atoms with Crippen LogP contribution in [0.4, 0.5) is 5.69 Å². The summed E-state index contributed by atoms with van der Waals surface area (Å²) in [4.78, 5) is 14.6. The number of furan rings is 1. The van der Waals surface area contributed by atoms with Gasteiger partial charge in [-0.1, -0.05) is 18.2 Å². The molecule has 2 heterocycles. The van der Waals surface area contributed by atoms with E-state index in [1.54, 1.807) is 13.0 Å². The fourth-order valence-electron chi connectivity index (χ4n) is 3.90. The van der Waals surface area contributed by atoms with E-state index < -0.39 is 5.91 Å². The van der Waals surface area contributed by atoms with Crippen LogP contribution in [0.1, 0.15) is 19.1 Å². The molecule has 0 saturated carbocycles. The molecule has 4 rings (SSSR count). The Kier molecular flexibility index (Phi) is 7.08. The van der Waals surface area contributed by atoms with Gasteiger partial charge < -0.3 is 24.5 Å². The predicted octanol–water partition coefficient (Wildman–Crippen LogP) is 3.73. The maximum Gasteiger partial charge on any atom is 0.262 e. The molecule has 33 heavy (non-hydrogen) atoms. The summed E-state index contributed by atoms with van der Waals surface area (Å²) in [7, 11) is 0. The summed E-state index contributed by atoms with van der Waals surface area (Å²) in [5.41, 5.74) is 2.59. The molecule has 1 aliphatic heterocycles. The number of allylic oxidation sites excluding steroid dienone is 1. The molecule has 2 N–H and O–H groups in total. The molecular weight excluding hydrogens is 418 g/mol. The van der Waals surface area contributed by atoms with Crippen LogP contribution >= 0.6 is 0 Å². The lowest BCUT2D eigenvalue weighted by atomic mass is 10.0. The van der Waals surface area contributed by atoms with Crippen LogP contribution in [0.2, 0.25) is 0 Å². The van der Waals surface area contributed by atoms with Crippen LogP contribution < -0.4 is 10.2 Å². The number of carbonyl (C=O) groups is 1. The Morgan fingerprint density at radius 1 is 1.12 bits per heavy atom. The molecule has 0 atom stereocenters. The number of nitriles is 1. The van der Waals surface area contributed by atoms with E-state index in [1.165, 1.54) is 5.69 Å². The number of amides is 1. The van der Waals surface area contributed by atoms with Gasteiger partial charge in [0.15, 0.2) is 0 Å². The first kappa shape index (κ1) is 22.6. The van der Waals surface area contributed by atoms with E-state index in [4.69, 9.17) is 14.3 Å². The van der Waals surface area contributed by atoms with Gasteiger partial charge in [-0.05, 0) is 54.4 Å². The molecular formula is C26H27N3O4. The van der Waals surface area contributed by atoms with E-state index in [9.17, 15) is 10.1 Å². The first-order valence-corrected chi connectivity index (χ1v) is 11.1. The number of anilines is 1. The van der Waals surface area contributed by atoms with Gasteiger partial charge in [0.1, 0.15) is 23.2 Å². The summed E-state index contributed by atoms with van der Waals surface area (Å²) >= 11 is 0. The fourth-order valence-corrected chi connectivity index (χ4v) is 3.90. The number of morpholine rings is 1. The van der Waals surface area contributed by atoms with Gasteiger partial charge in [0.25, 0.3) is 5.91 Å².